The first-order valence-corrected chi connectivity index (χ1v) is 5.43. The van der Waals surface area contributed by atoms with Gasteiger partial charge in [0, 0.05) is 18.7 Å². The molecule has 16 heavy (non-hydrogen) atoms. The average molecular weight is 226 g/mol. The first-order valence-electron chi connectivity index (χ1n) is 5.43. The Morgan fingerprint density at radius 3 is 2.81 bits per heavy atom. The van der Waals surface area contributed by atoms with Gasteiger partial charge < -0.3 is 14.6 Å². The van der Waals surface area contributed by atoms with E-state index in [9.17, 15) is 4.79 Å². The lowest BCUT2D eigenvalue weighted by atomic mass is 10.2. The van der Waals surface area contributed by atoms with Gasteiger partial charge in [-0.2, -0.15) is 0 Å². The van der Waals surface area contributed by atoms with E-state index in [1.54, 1.807) is 6.92 Å². The van der Waals surface area contributed by atoms with E-state index in [-0.39, 0.29) is 5.97 Å². The highest BCUT2D eigenvalue weighted by molar-refractivity contribution is 5.69. The third kappa shape index (κ3) is 3.66. The Morgan fingerprint density at radius 2 is 2.25 bits per heavy atom. The summed E-state index contributed by atoms with van der Waals surface area (Å²) in [6, 6.07) is 0. The van der Waals surface area contributed by atoms with Gasteiger partial charge >= 0.3 is 5.97 Å². The highest BCUT2D eigenvalue weighted by Crippen LogP contribution is 2.11. The maximum atomic E-state index is 11.0. The van der Waals surface area contributed by atoms with Gasteiger partial charge in [-0.1, -0.05) is 5.16 Å². The SMILES string of the molecule is CCOC(=O)CCNCc1c(C)noc1C. The predicted molar refractivity (Wildman–Crippen MR) is 58.9 cm³/mol. The Bertz CT molecular complexity index is 327. The molecule has 0 bridgehead atoms. The second-order valence-electron chi connectivity index (χ2n) is 3.53. The minimum atomic E-state index is -0.172. The lowest BCUT2D eigenvalue weighted by Gasteiger charge is -2.04. The van der Waals surface area contributed by atoms with Gasteiger partial charge in [-0.3, -0.25) is 4.79 Å². The third-order valence-electron chi connectivity index (χ3n) is 2.29. The normalized spacial score (nSPS) is 10.4. The highest BCUT2D eigenvalue weighted by atomic mass is 16.5. The topological polar surface area (TPSA) is 64.4 Å². The highest BCUT2D eigenvalue weighted by Gasteiger charge is 2.08. The number of nitrogens with one attached hydrogen (secondary N) is 1. The van der Waals surface area contributed by atoms with Gasteiger partial charge in [-0.25, -0.2) is 0 Å². The Hall–Kier alpha value is -1.36. The van der Waals surface area contributed by atoms with E-state index in [4.69, 9.17) is 9.26 Å². The van der Waals surface area contributed by atoms with Crippen molar-refractivity contribution < 1.29 is 14.1 Å². The molecule has 1 aromatic rings. The molecule has 0 fully saturated rings. The van der Waals surface area contributed by atoms with E-state index >= 15 is 0 Å². The number of aromatic nitrogens is 1. The maximum absolute atomic E-state index is 11.0. The third-order valence-corrected chi connectivity index (χ3v) is 2.29. The molecule has 0 atom stereocenters. The van der Waals surface area contributed by atoms with E-state index in [1.807, 2.05) is 13.8 Å². The van der Waals surface area contributed by atoms with Crippen LogP contribution in [0.25, 0.3) is 0 Å². The number of hydrogen-bond acceptors (Lipinski definition) is 5. The van der Waals surface area contributed by atoms with Crippen molar-refractivity contribution in [1.29, 1.82) is 0 Å². The summed E-state index contributed by atoms with van der Waals surface area (Å²) >= 11 is 0. The molecule has 0 spiro atoms. The molecule has 0 saturated carbocycles. The summed E-state index contributed by atoms with van der Waals surface area (Å²) < 4.78 is 9.85. The van der Waals surface area contributed by atoms with Crippen LogP contribution in [0.15, 0.2) is 4.52 Å². The van der Waals surface area contributed by atoms with Gasteiger partial charge in [0.05, 0.1) is 18.7 Å². The van der Waals surface area contributed by atoms with Crippen LogP contribution in [0.4, 0.5) is 0 Å². The second-order valence-corrected chi connectivity index (χ2v) is 3.53. The van der Waals surface area contributed by atoms with Crippen LogP contribution in [-0.4, -0.2) is 24.3 Å². The van der Waals surface area contributed by atoms with E-state index in [0.29, 0.717) is 26.1 Å². The zero-order valence-corrected chi connectivity index (χ0v) is 10.0. The number of carbonyl (C=O) groups excluding carboxylic acids is 1. The summed E-state index contributed by atoms with van der Waals surface area (Å²) in [5.74, 6) is 0.648. The number of rotatable bonds is 6. The molecule has 1 rings (SSSR count). The van der Waals surface area contributed by atoms with Crippen molar-refractivity contribution in [3.05, 3.63) is 17.0 Å². The fourth-order valence-electron chi connectivity index (χ4n) is 1.39. The zero-order chi connectivity index (χ0) is 12.0. The van der Waals surface area contributed by atoms with E-state index in [2.05, 4.69) is 10.5 Å². The van der Waals surface area contributed by atoms with Crippen LogP contribution in [0.1, 0.15) is 30.4 Å². The van der Waals surface area contributed by atoms with Crippen LogP contribution in [0.5, 0.6) is 0 Å². The minimum absolute atomic E-state index is 0.172. The first-order chi connectivity index (χ1) is 7.65. The molecule has 90 valence electrons. The fraction of sp³-hybridized carbons (Fsp3) is 0.636. The predicted octanol–water partition coefficient (Wildman–Crippen LogP) is 1.33. The lowest BCUT2D eigenvalue weighted by molar-refractivity contribution is -0.142. The average Bonchev–Trinajstić information content (AvgIpc) is 2.55. The zero-order valence-electron chi connectivity index (χ0n) is 10.0. The van der Waals surface area contributed by atoms with Crippen molar-refractivity contribution in [2.45, 2.75) is 33.7 Å². The van der Waals surface area contributed by atoms with Gasteiger partial charge in [-0.15, -0.1) is 0 Å². The minimum Gasteiger partial charge on any atom is -0.466 e. The summed E-state index contributed by atoms with van der Waals surface area (Å²) in [4.78, 5) is 11.0. The van der Waals surface area contributed by atoms with E-state index in [0.717, 1.165) is 17.0 Å². The molecule has 0 amide bonds. The van der Waals surface area contributed by atoms with Gasteiger partial charge in [0.15, 0.2) is 0 Å². The molecule has 0 radical (unpaired) electrons. The number of carbonyl (C=O) groups is 1. The molecule has 0 aliphatic rings. The van der Waals surface area contributed by atoms with Crippen molar-refractivity contribution >= 4 is 5.97 Å². The lowest BCUT2D eigenvalue weighted by Crippen LogP contribution is -2.19. The second kappa shape index (κ2) is 6.27. The summed E-state index contributed by atoms with van der Waals surface area (Å²) in [5, 5.41) is 7.01. The van der Waals surface area contributed by atoms with Crippen LogP contribution in [0, 0.1) is 13.8 Å². The molecule has 1 heterocycles. The Kier molecular flexibility index (Phi) is 4.98. The van der Waals surface area contributed by atoms with Crippen LogP contribution >= 0.6 is 0 Å². The molecular formula is C11H18N2O3. The molecule has 5 heteroatoms. The summed E-state index contributed by atoms with van der Waals surface area (Å²) in [6.45, 7) is 7.28. The first kappa shape index (κ1) is 12.7. The van der Waals surface area contributed by atoms with E-state index < -0.39 is 0 Å². The quantitative estimate of drug-likeness (QED) is 0.585. The van der Waals surface area contributed by atoms with Crippen molar-refractivity contribution in [3.8, 4) is 0 Å². The number of aryl methyl sites for hydroxylation is 2. The summed E-state index contributed by atoms with van der Waals surface area (Å²) in [5.41, 5.74) is 1.95. The fourth-order valence-corrected chi connectivity index (χ4v) is 1.39. The van der Waals surface area contributed by atoms with Gasteiger partial charge in [0.25, 0.3) is 0 Å². The van der Waals surface area contributed by atoms with E-state index in [1.165, 1.54) is 0 Å². The van der Waals surface area contributed by atoms with Crippen molar-refractivity contribution in [2.24, 2.45) is 0 Å². The number of ether oxygens (including phenoxy) is 1. The monoisotopic (exact) mass is 226 g/mol. The standard InChI is InChI=1S/C11H18N2O3/c1-4-15-11(14)5-6-12-7-10-8(2)13-16-9(10)3/h12H,4-7H2,1-3H3. The molecule has 0 unspecified atom stereocenters. The van der Waals surface area contributed by atoms with Gasteiger partial charge in [0.2, 0.25) is 0 Å². The maximum Gasteiger partial charge on any atom is 0.307 e. The van der Waals surface area contributed by atoms with Crippen LogP contribution < -0.4 is 5.32 Å². The smallest absolute Gasteiger partial charge is 0.307 e. The molecule has 5 nitrogen and oxygen atoms in total. The van der Waals surface area contributed by atoms with Gasteiger partial charge in [0.1, 0.15) is 5.76 Å². The Labute approximate surface area is 95.1 Å². The van der Waals surface area contributed by atoms with Crippen LogP contribution in [-0.2, 0) is 16.1 Å². The molecule has 1 N–H and O–H groups in total. The molecular weight excluding hydrogens is 208 g/mol. The van der Waals surface area contributed by atoms with Crippen molar-refractivity contribution in [2.75, 3.05) is 13.2 Å². The molecule has 0 aliphatic carbocycles. The Morgan fingerprint density at radius 1 is 1.50 bits per heavy atom. The molecule has 1 aromatic heterocycles. The molecule has 0 aliphatic heterocycles. The van der Waals surface area contributed by atoms with Gasteiger partial charge in [-0.05, 0) is 20.8 Å². The van der Waals surface area contributed by atoms with Crippen molar-refractivity contribution in [1.82, 2.24) is 10.5 Å². The molecule has 0 saturated heterocycles. The summed E-state index contributed by atoms with van der Waals surface area (Å²) in [7, 11) is 0. The summed E-state index contributed by atoms with van der Waals surface area (Å²) in [6.07, 6.45) is 0.386. The number of hydrogen-bond donors (Lipinski definition) is 1. The van der Waals surface area contributed by atoms with Crippen molar-refractivity contribution in [3.63, 3.8) is 0 Å². The Balaban J connectivity index is 2.23. The number of nitrogens with zero attached hydrogens (tertiary/aromatic N) is 1. The largest absolute Gasteiger partial charge is 0.466 e. The number of esters is 1. The van der Waals surface area contributed by atoms with Crippen LogP contribution in [0.2, 0.25) is 0 Å². The van der Waals surface area contributed by atoms with Crippen LogP contribution in [0.3, 0.4) is 0 Å². The molecule has 0 aromatic carbocycles.